The first-order valence-electron chi connectivity index (χ1n) is 12.0. The second-order valence-corrected chi connectivity index (χ2v) is 9.55. The average molecular weight is 634 g/mol. The van der Waals surface area contributed by atoms with Crippen molar-refractivity contribution in [3.8, 4) is 0 Å². The van der Waals surface area contributed by atoms with Crippen LogP contribution < -0.4 is 0 Å². The minimum atomic E-state index is -2.21. The van der Waals surface area contributed by atoms with Gasteiger partial charge in [-0.1, -0.05) is 36.4 Å². The van der Waals surface area contributed by atoms with Gasteiger partial charge in [0.1, 0.15) is 0 Å². The zero-order valence-corrected chi connectivity index (χ0v) is 24.1. The third kappa shape index (κ3) is 9.18. The molecular weight excluding hydrogens is 604 g/mol. The number of aromatic nitrogens is 1. The van der Waals surface area contributed by atoms with Crippen LogP contribution in [0.3, 0.4) is 0 Å². The number of benzene rings is 2. The van der Waals surface area contributed by atoms with Crippen LogP contribution in [-0.4, -0.2) is 69.8 Å². The Hall–Kier alpha value is -3.74. The van der Waals surface area contributed by atoms with Crippen LogP contribution >= 0.6 is 29.4 Å². The molecule has 0 aliphatic carbocycles. The van der Waals surface area contributed by atoms with Crippen molar-refractivity contribution in [2.45, 2.75) is 31.1 Å². The van der Waals surface area contributed by atoms with Gasteiger partial charge in [-0.15, -0.1) is 0 Å². The summed E-state index contributed by atoms with van der Waals surface area (Å²) < 4.78 is 10.6. The van der Waals surface area contributed by atoms with Crippen LogP contribution in [0.25, 0.3) is 0 Å². The van der Waals surface area contributed by atoms with Crippen molar-refractivity contribution < 1.29 is 38.9 Å². The van der Waals surface area contributed by atoms with Crippen LogP contribution in [0, 0.1) is 0 Å². The molecule has 1 aliphatic heterocycles. The summed E-state index contributed by atoms with van der Waals surface area (Å²) in [5.41, 5.74) is 1.38. The maximum Gasteiger partial charge on any atom is 0.349 e. The lowest BCUT2D eigenvalue weighted by atomic mass is 10.1. The standard InChI is InChI=1S/C18H14O8.C10H13BrN2.H2S/c19-15(20)13(25-17(23)11-7-3-1-4-8-11)14(16(21)22)26-18(24)12-9-5-2-6-10-12;1-13-4-2-3-10(13)8-5-9(11)7-12-6-8;/h1-10,13-14H,(H,19,20)(H,21,22);5-7,10H,2-4H2,1H3;1H2/t13-,14?;10-;/m10./s1. The first-order chi connectivity index (χ1) is 18.7. The van der Waals surface area contributed by atoms with Crippen LogP contribution in [0.2, 0.25) is 0 Å². The first-order valence-corrected chi connectivity index (χ1v) is 12.7. The molecule has 1 aromatic heterocycles. The van der Waals surface area contributed by atoms with Gasteiger partial charge in [0, 0.05) is 22.9 Å². The van der Waals surface area contributed by atoms with Gasteiger partial charge in [0.05, 0.1) is 11.1 Å². The minimum absolute atomic E-state index is 0. The van der Waals surface area contributed by atoms with Gasteiger partial charge >= 0.3 is 23.9 Å². The summed E-state index contributed by atoms with van der Waals surface area (Å²) in [6.45, 7) is 1.21. The zero-order chi connectivity index (χ0) is 28.4. The number of esters is 2. The number of hydrogen-bond donors (Lipinski definition) is 2. The fourth-order valence-corrected chi connectivity index (χ4v) is 4.32. The van der Waals surface area contributed by atoms with E-state index in [4.69, 9.17) is 9.47 Å². The molecule has 12 heteroatoms. The van der Waals surface area contributed by atoms with Gasteiger partial charge in [-0.05, 0) is 78.3 Å². The Morgan fingerprint density at radius 1 is 0.875 bits per heavy atom. The Morgan fingerprint density at radius 3 is 1.73 bits per heavy atom. The van der Waals surface area contributed by atoms with Gasteiger partial charge in [-0.2, -0.15) is 13.5 Å². The first kappa shape index (κ1) is 32.5. The molecule has 2 N–H and O–H groups in total. The van der Waals surface area contributed by atoms with E-state index in [-0.39, 0.29) is 24.6 Å². The summed E-state index contributed by atoms with van der Waals surface area (Å²) in [7, 11) is 2.18. The number of likely N-dealkylation sites (tertiary alicyclic amines) is 1. The fourth-order valence-electron chi connectivity index (χ4n) is 3.94. The highest BCUT2D eigenvalue weighted by molar-refractivity contribution is 9.10. The van der Waals surface area contributed by atoms with E-state index in [9.17, 15) is 29.4 Å². The lowest BCUT2D eigenvalue weighted by Crippen LogP contribution is -2.45. The SMILES string of the molecule is CN1CCC[C@H]1c1cncc(Br)c1.O=C(OC(C(=O)O)[C@@H](OC(=O)c1ccccc1)C(=O)O)c1ccccc1.S. The number of aliphatic carboxylic acids is 2. The Labute approximate surface area is 246 Å². The van der Waals surface area contributed by atoms with Crippen molar-refractivity contribution in [2.24, 2.45) is 0 Å². The van der Waals surface area contributed by atoms with Crippen LogP contribution in [0.15, 0.2) is 83.6 Å². The Bertz CT molecular complexity index is 1230. The highest BCUT2D eigenvalue weighted by Gasteiger charge is 2.41. The monoisotopic (exact) mass is 632 g/mol. The third-order valence-electron chi connectivity index (χ3n) is 5.88. The van der Waals surface area contributed by atoms with Crippen LogP contribution in [0.1, 0.15) is 45.2 Å². The highest BCUT2D eigenvalue weighted by Crippen LogP contribution is 2.30. The lowest BCUT2D eigenvalue weighted by Gasteiger charge is -2.21. The molecule has 4 rings (SSSR count). The van der Waals surface area contributed by atoms with Crippen LogP contribution in [0.4, 0.5) is 0 Å². The van der Waals surface area contributed by atoms with Gasteiger partial charge in [-0.25, -0.2) is 19.2 Å². The normalized spacial score (nSPS) is 15.8. The summed E-state index contributed by atoms with van der Waals surface area (Å²) >= 11 is 3.45. The molecule has 0 saturated carbocycles. The molecule has 0 radical (unpaired) electrons. The van der Waals surface area contributed by atoms with E-state index in [1.165, 1.54) is 73.5 Å². The second kappa shape index (κ2) is 15.8. The predicted molar refractivity (Wildman–Crippen MR) is 153 cm³/mol. The zero-order valence-electron chi connectivity index (χ0n) is 21.5. The summed E-state index contributed by atoms with van der Waals surface area (Å²) in [5.74, 6) is -5.63. The van der Waals surface area contributed by atoms with E-state index < -0.39 is 36.1 Å². The van der Waals surface area contributed by atoms with Gasteiger partial charge in [-0.3, -0.25) is 9.88 Å². The second-order valence-electron chi connectivity index (χ2n) is 8.64. The molecule has 212 valence electrons. The maximum atomic E-state index is 12.0. The smallest absolute Gasteiger partial charge is 0.349 e. The molecular formula is C28H29BrN2O8S. The molecule has 10 nitrogen and oxygen atoms in total. The van der Waals surface area contributed by atoms with Gasteiger partial charge in [0.15, 0.2) is 0 Å². The van der Waals surface area contributed by atoms with E-state index in [1.807, 2.05) is 12.4 Å². The van der Waals surface area contributed by atoms with Crippen LogP contribution in [-0.2, 0) is 19.1 Å². The fraction of sp³-hybridized carbons (Fsp3) is 0.250. The highest BCUT2D eigenvalue weighted by atomic mass is 79.9. The number of rotatable bonds is 8. The molecule has 40 heavy (non-hydrogen) atoms. The molecule has 3 atom stereocenters. The molecule has 1 aliphatic rings. The number of carboxylic acids is 2. The van der Waals surface area contributed by atoms with Crippen LogP contribution in [0.5, 0.6) is 0 Å². The molecule has 0 spiro atoms. The third-order valence-corrected chi connectivity index (χ3v) is 6.31. The van der Waals surface area contributed by atoms with Gasteiger partial charge < -0.3 is 19.7 Å². The minimum Gasteiger partial charge on any atom is -0.478 e. The quantitative estimate of drug-likeness (QED) is 0.344. The summed E-state index contributed by atoms with van der Waals surface area (Å²) in [5, 5.41) is 18.5. The van der Waals surface area contributed by atoms with E-state index in [0.717, 1.165) is 4.47 Å². The number of carbonyl (C=O) groups excluding carboxylic acids is 2. The molecule has 3 aromatic rings. The number of pyridine rings is 1. The molecule has 2 heterocycles. The average Bonchev–Trinajstić information content (AvgIpc) is 3.37. The van der Waals surface area contributed by atoms with Crippen molar-refractivity contribution in [1.82, 2.24) is 9.88 Å². The van der Waals surface area contributed by atoms with E-state index in [1.54, 1.807) is 12.1 Å². The molecule has 1 unspecified atom stereocenters. The Kier molecular flexibility index (Phi) is 12.8. The topological polar surface area (TPSA) is 143 Å². The van der Waals surface area contributed by atoms with Crippen molar-refractivity contribution in [2.75, 3.05) is 13.6 Å². The number of ether oxygens (including phenoxy) is 2. The van der Waals surface area contributed by atoms with Gasteiger partial charge in [0.2, 0.25) is 12.2 Å². The molecule has 2 aromatic carbocycles. The number of nitrogens with zero attached hydrogens (tertiary/aromatic N) is 2. The Balaban J connectivity index is 0.000000334. The largest absolute Gasteiger partial charge is 0.478 e. The van der Waals surface area contributed by atoms with Gasteiger partial charge in [0.25, 0.3) is 0 Å². The maximum absolute atomic E-state index is 12.0. The van der Waals surface area contributed by atoms with Crippen molar-refractivity contribution >= 4 is 53.3 Å². The number of hydrogen-bond acceptors (Lipinski definition) is 8. The molecule has 0 bridgehead atoms. The lowest BCUT2D eigenvalue weighted by molar-refractivity contribution is -0.166. The van der Waals surface area contributed by atoms with Crippen molar-refractivity contribution in [1.29, 1.82) is 0 Å². The van der Waals surface area contributed by atoms with Crippen molar-refractivity contribution in [3.63, 3.8) is 0 Å². The number of halogens is 1. The van der Waals surface area contributed by atoms with E-state index in [2.05, 4.69) is 38.9 Å². The molecule has 1 fully saturated rings. The van der Waals surface area contributed by atoms with E-state index >= 15 is 0 Å². The predicted octanol–water partition coefficient (Wildman–Crippen LogP) is 4.33. The number of carbonyl (C=O) groups is 4. The van der Waals surface area contributed by atoms with E-state index in [0.29, 0.717) is 6.04 Å². The summed E-state index contributed by atoms with van der Waals surface area (Å²) in [6.07, 6.45) is 1.93. The summed E-state index contributed by atoms with van der Waals surface area (Å²) in [6, 6.07) is 17.6. The molecule has 1 saturated heterocycles. The summed E-state index contributed by atoms with van der Waals surface area (Å²) in [4.78, 5) is 53.4. The molecule has 0 amide bonds. The Morgan fingerprint density at radius 2 is 1.35 bits per heavy atom. The number of carboxylic acid groups (broad SMARTS) is 2. The van der Waals surface area contributed by atoms with Crippen molar-refractivity contribution in [3.05, 3.63) is 100 Å².